The van der Waals surface area contributed by atoms with Crippen LogP contribution >= 0.6 is 11.8 Å². The number of hydrogen-bond donors (Lipinski definition) is 2. The Bertz CT molecular complexity index is 460. The molecular weight excluding hydrogens is 274 g/mol. The largest absolute Gasteiger partial charge is 0.455 e. The maximum Gasteiger partial charge on any atom is 0.287 e. The SMILES string of the molecule is CSCc1ccc(C(=O)NC2(CO)CCCC(C)C2)o1. The Labute approximate surface area is 124 Å². The molecule has 2 unspecified atom stereocenters. The van der Waals surface area contributed by atoms with Gasteiger partial charge in [0.2, 0.25) is 0 Å². The van der Waals surface area contributed by atoms with Crippen LogP contribution in [-0.4, -0.2) is 29.4 Å². The van der Waals surface area contributed by atoms with Crippen molar-refractivity contribution in [3.05, 3.63) is 23.7 Å². The third kappa shape index (κ3) is 3.58. The van der Waals surface area contributed by atoms with Crippen LogP contribution in [0.5, 0.6) is 0 Å². The predicted molar refractivity (Wildman–Crippen MR) is 80.8 cm³/mol. The minimum Gasteiger partial charge on any atom is -0.455 e. The lowest BCUT2D eigenvalue weighted by atomic mass is 9.77. The van der Waals surface area contributed by atoms with Crippen molar-refractivity contribution in [1.82, 2.24) is 5.32 Å². The summed E-state index contributed by atoms with van der Waals surface area (Å²) in [6.07, 6.45) is 5.85. The first kappa shape index (κ1) is 15.4. The molecule has 20 heavy (non-hydrogen) atoms. The van der Waals surface area contributed by atoms with Gasteiger partial charge in [0.1, 0.15) is 5.76 Å². The van der Waals surface area contributed by atoms with Crippen molar-refractivity contribution in [3.63, 3.8) is 0 Å². The maximum absolute atomic E-state index is 12.3. The number of aliphatic hydroxyl groups is 1. The molecule has 2 N–H and O–H groups in total. The lowest BCUT2D eigenvalue weighted by Crippen LogP contribution is -2.53. The van der Waals surface area contributed by atoms with Crippen molar-refractivity contribution in [2.75, 3.05) is 12.9 Å². The zero-order valence-corrected chi connectivity index (χ0v) is 13.0. The summed E-state index contributed by atoms with van der Waals surface area (Å²) in [7, 11) is 0. The molecule has 112 valence electrons. The van der Waals surface area contributed by atoms with E-state index in [1.165, 1.54) is 0 Å². The number of rotatable bonds is 5. The molecule has 1 saturated carbocycles. The van der Waals surface area contributed by atoms with Gasteiger partial charge in [-0.15, -0.1) is 0 Å². The number of hydrogen-bond acceptors (Lipinski definition) is 4. The van der Waals surface area contributed by atoms with Crippen molar-refractivity contribution in [2.24, 2.45) is 5.92 Å². The van der Waals surface area contributed by atoms with E-state index >= 15 is 0 Å². The van der Waals surface area contributed by atoms with Crippen molar-refractivity contribution in [2.45, 2.75) is 43.9 Å². The number of furan rings is 1. The molecule has 2 rings (SSSR count). The quantitative estimate of drug-likeness (QED) is 0.877. The van der Waals surface area contributed by atoms with Crippen LogP contribution in [0.4, 0.5) is 0 Å². The maximum atomic E-state index is 12.3. The zero-order valence-electron chi connectivity index (χ0n) is 12.1. The van der Waals surface area contributed by atoms with E-state index in [0.29, 0.717) is 11.7 Å². The van der Waals surface area contributed by atoms with Crippen LogP contribution in [0.1, 0.15) is 48.9 Å². The summed E-state index contributed by atoms with van der Waals surface area (Å²) in [5, 5.41) is 12.7. The topological polar surface area (TPSA) is 62.5 Å². The van der Waals surface area contributed by atoms with Gasteiger partial charge in [-0.3, -0.25) is 4.79 Å². The Morgan fingerprint density at radius 1 is 1.60 bits per heavy atom. The molecule has 2 atom stereocenters. The number of nitrogens with one attached hydrogen (secondary N) is 1. The molecule has 0 bridgehead atoms. The van der Waals surface area contributed by atoms with Gasteiger partial charge in [-0.05, 0) is 37.1 Å². The smallest absolute Gasteiger partial charge is 0.287 e. The average Bonchev–Trinajstić information content (AvgIpc) is 2.88. The molecule has 0 radical (unpaired) electrons. The van der Waals surface area contributed by atoms with Gasteiger partial charge < -0.3 is 14.8 Å². The van der Waals surface area contributed by atoms with E-state index in [9.17, 15) is 9.90 Å². The number of aliphatic hydroxyl groups excluding tert-OH is 1. The number of carbonyl (C=O) groups excluding carboxylic acids is 1. The number of amides is 1. The number of thioether (sulfide) groups is 1. The van der Waals surface area contributed by atoms with Crippen LogP contribution in [0.25, 0.3) is 0 Å². The molecule has 1 aliphatic rings. The zero-order chi connectivity index (χ0) is 14.6. The molecule has 1 aromatic heterocycles. The lowest BCUT2D eigenvalue weighted by Gasteiger charge is -2.39. The summed E-state index contributed by atoms with van der Waals surface area (Å²) in [4.78, 5) is 12.3. The summed E-state index contributed by atoms with van der Waals surface area (Å²) in [6.45, 7) is 2.15. The third-order valence-electron chi connectivity index (χ3n) is 3.94. The molecule has 4 nitrogen and oxygen atoms in total. The van der Waals surface area contributed by atoms with E-state index in [4.69, 9.17) is 4.42 Å². The second-order valence-corrected chi connectivity index (χ2v) is 6.66. The monoisotopic (exact) mass is 297 g/mol. The summed E-state index contributed by atoms with van der Waals surface area (Å²) in [5.41, 5.74) is -0.485. The lowest BCUT2D eigenvalue weighted by molar-refractivity contribution is 0.0673. The Morgan fingerprint density at radius 2 is 2.40 bits per heavy atom. The van der Waals surface area contributed by atoms with Gasteiger partial charge in [0.25, 0.3) is 5.91 Å². The first-order chi connectivity index (χ1) is 9.58. The first-order valence-corrected chi connectivity index (χ1v) is 8.49. The second-order valence-electron chi connectivity index (χ2n) is 5.79. The van der Waals surface area contributed by atoms with Gasteiger partial charge in [-0.1, -0.05) is 19.8 Å². The van der Waals surface area contributed by atoms with Gasteiger partial charge in [-0.2, -0.15) is 11.8 Å². The minimum absolute atomic E-state index is 0.0124. The van der Waals surface area contributed by atoms with Crippen LogP contribution in [0.2, 0.25) is 0 Å². The summed E-state index contributed by atoms with van der Waals surface area (Å²) >= 11 is 1.65. The first-order valence-electron chi connectivity index (χ1n) is 7.09. The highest BCUT2D eigenvalue weighted by Gasteiger charge is 2.36. The van der Waals surface area contributed by atoms with Gasteiger partial charge in [0.15, 0.2) is 5.76 Å². The normalized spacial score (nSPS) is 26.4. The van der Waals surface area contributed by atoms with Crippen LogP contribution in [-0.2, 0) is 5.75 Å². The molecule has 0 spiro atoms. The summed E-state index contributed by atoms with van der Waals surface area (Å²) in [5.74, 6) is 2.20. The van der Waals surface area contributed by atoms with Crippen LogP contribution in [0, 0.1) is 5.92 Å². The molecule has 5 heteroatoms. The fourth-order valence-corrected chi connectivity index (χ4v) is 3.42. The van der Waals surface area contributed by atoms with Crippen molar-refractivity contribution in [1.29, 1.82) is 0 Å². The molecule has 1 fully saturated rings. The van der Waals surface area contributed by atoms with Gasteiger partial charge in [0.05, 0.1) is 17.9 Å². The molecule has 0 aromatic carbocycles. The summed E-state index contributed by atoms with van der Waals surface area (Å²) < 4.78 is 5.53. The van der Waals surface area contributed by atoms with E-state index < -0.39 is 5.54 Å². The Hall–Kier alpha value is -0.940. The van der Waals surface area contributed by atoms with E-state index in [2.05, 4.69) is 12.2 Å². The highest BCUT2D eigenvalue weighted by molar-refractivity contribution is 7.97. The summed E-state index contributed by atoms with van der Waals surface area (Å²) in [6, 6.07) is 3.54. The Balaban J connectivity index is 2.04. The molecule has 1 aliphatic carbocycles. The van der Waals surface area contributed by atoms with E-state index in [-0.39, 0.29) is 12.5 Å². The highest BCUT2D eigenvalue weighted by atomic mass is 32.2. The average molecular weight is 297 g/mol. The fourth-order valence-electron chi connectivity index (χ4n) is 2.98. The van der Waals surface area contributed by atoms with Gasteiger partial charge in [-0.25, -0.2) is 0 Å². The van der Waals surface area contributed by atoms with Crippen LogP contribution in [0.15, 0.2) is 16.5 Å². The molecule has 1 heterocycles. The highest BCUT2D eigenvalue weighted by Crippen LogP contribution is 2.32. The van der Waals surface area contributed by atoms with Gasteiger partial charge >= 0.3 is 0 Å². The van der Waals surface area contributed by atoms with Gasteiger partial charge in [0, 0.05) is 0 Å². The Morgan fingerprint density at radius 3 is 3.05 bits per heavy atom. The van der Waals surface area contributed by atoms with E-state index in [1.54, 1.807) is 17.8 Å². The van der Waals surface area contributed by atoms with E-state index in [1.807, 2.05) is 12.3 Å². The van der Waals surface area contributed by atoms with Crippen molar-refractivity contribution in [3.8, 4) is 0 Å². The van der Waals surface area contributed by atoms with Crippen molar-refractivity contribution >= 4 is 17.7 Å². The van der Waals surface area contributed by atoms with Crippen LogP contribution in [0.3, 0.4) is 0 Å². The minimum atomic E-state index is -0.485. The molecule has 1 aromatic rings. The standard InChI is InChI=1S/C15H23NO3S/c1-11-4-3-7-15(8-11,10-17)16-14(18)13-6-5-12(19-13)9-20-2/h5-6,11,17H,3-4,7-10H2,1-2H3,(H,16,18). The molecular formula is C15H23NO3S. The van der Waals surface area contributed by atoms with Crippen molar-refractivity contribution < 1.29 is 14.3 Å². The second kappa shape index (κ2) is 6.68. The third-order valence-corrected chi connectivity index (χ3v) is 4.52. The molecule has 1 amide bonds. The molecule has 0 saturated heterocycles. The predicted octanol–water partition coefficient (Wildman–Crippen LogP) is 2.81. The molecule has 0 aliphatic heterocycles. The van der Waals surface area contributed by atoms with E-state index in [0.717, 1.165) is 37.2 Å². The Kier molecular flexibility index (Phi) is 5.16. The number of carbonyl (C=O) groups is 1. The van der Waals surface area contributed by atoms with Crippen LogP contribution < -0.4 is 5.32 Å². The fraction of sp³-hybridized carbons (Fsp3) is 0.667.